The van der Waals surface area contributed by atoms with Crippen molar-refractivity contribution in [2.45, 2.75) is 57.2 Å². The van der Waals surface area contributed by atoms with Crippen LogP contribution in [0.1, 0.15) is 45.4 Å². The quantitative estimate of drug-likeness (QED) is 0.568. The zero-order valence-corrected chi connectivity index (χ0v) is 14.0. The Hall–Kier alpha value is -1.36. The fourth-order valence-corrected chi connectivity index (χ4v) is 7.66. The van der Waals surface area contributed by atoms with Crippen LogP contribution in [-0.4, -0.2) is 33.9 Å². The normalized spacial score (nSPS) is 57.5. The van der Waals surface area contributed by atoms with E-state index >= 15 is 0 Å². The summed E-state index contributed by atoms with van der Waals surface area (Å²) < 4.78 is 6.01. The summed E-state index contributed by atoms with van der Waals surface area (Å²) in [6, 6.07) is 0. The number of hydrogen-bond donors (Lipinski definition) is 2. The largest absolute Gasteiger partial charge is 0.481 e. The first-order valence-electron chi connectivity index (χ1n) is 9.09. The molecule has 1 saturated heterocycles. The van der Waals surface area contributed by atoms with Crippen molar-refractivity contribution in [3.63, 3.8) is 0 Å². The smallest absolute Gasteiger partial charge is 0.315 e. The van der Waals surface area contributed by atoms with Gasteiger partial charge in [-0.25, -0.2) is 0 Å². The summed E-state index contributed by atoms with van der Waals surface area (Å²) in [5.74, 6) is -1.78. The van der Waals surface area contributed by atoms with Crippen LogP contribution in [0.5, 0.6) is 0 Å². The van der Waals surface area contributed by atoms with Crippen molar-refractivity contribution in [2.24, 2.45) is 34.5 Å². The number of carboxylic acids is 1. The van der Waals surface area contributed by atoms with Crippen molar-refractivity contribution in [1.29, 1.82) is 0 Å². The average molecular weight is 332 g/mol. The minimum Gasteiger partial charge on any atom is -0.481 e. The standard InChI is InChI=1S/C19H24O5/c1-9-7-18-8-10(9)3-4-11(18)19-6-5-12(20)17(2,16(23)24-19)14(19)13(18)15(21)22/h10-14,20H,1,3-8H2,2H3,(H,21,22)/t10?,11-,12+,13-,14-,17-,18?,19-/m1/s1. The van der Waals surface area contributed by atoms with Crippen LogP contribution in [-0.2, 0) is 14.3 Å². The topological polar surface area (TPSA) is 83.8 Å². The molecule has 4 saturated carbocycles. The molecule has 8 atom stereocenters. The van der Waals surface area contributed by atoms with Crippen molar-refractivity contribution in [2.75, 3.05) is 0 Å². The molecule has 1 aliphatic heterocycles. The predicted molar refractivity (Wildman–Crippen MR) is 83.8 cm³/mol. The zero-order chi connectivity index (χ0) is 17.1. The highest BCUT2D eigenvalue weighted by molar-refractivity contribution is 5.85. The number of allylic oxidation sites excluding steroid dienone is 1. The van der Waals surface area contributed by atoms with Crippen LogP contribution in [0.3, 0.4) is 0 Å². The van der Waals surface area contributed by atoms with Gasteiger partial charge in [0.1, 0.15) is 5.60 Å². The van der Waals surface area contributed by atoms with E-state index < -0.39 is 40.9 Å². The minimum absolute atomic E-state index is 0.0878. The van der Waals surface area contributed by atoms with Gasteiger partial charge in [0.15, 0.2) is 0 Å². The molecule has 2 unspecified atom stereocenters. The number of fused-ring (bicyclic) bond motifs is 1. The van der Waals surface area contributed by atoms with Crippen molar-refractivity contribution < 1.29 is 24.5 Å². The summed E-state index contributed by atoms with van der Waals surface area (Å²) in [4.78, 5) is 25.1. The minimum atomic E-state index is -1.09. The Labute approximate surface area is 141 Å². The lowest BCUT2D eigenvalue weighted by Crippen LogP contribution is -2.53. The fraction of sp³-hybridized carbons (Fsp3) is 0.789. The van der Waals surface area contributed by atoms with Crippen molar-refractivity contribution in [3.05, 3.63) is 12.2 Å². The Kier molecular flexibility index (Phi) is 2.53. The fourth-order valence-electron chi connectivity index (χ4n) is 7.66. The van der Waals surface area contributed by atoms with Gasteiger partial charge in [-0.1, -0.05) is 12.2 Å². The molecule has 0 radical (unpaired) electrons. The van der Waals surface area contributed by atoms with Crippen molar-refractivity contribution >= 4 is 11.9 Å². The lowest BCUT2D eigenvalue weighted by Gasteiger charge is -2.44. The maximum absolute atomic E-state index is 12.7. The third kappa shape index (κ3) is 1.29. The highest BCUT2D eigenvalue weighted by Gasteiger charge is 2.83. The second kappa shape index (κ2) is 4.06. The number of esters is 1. The zero-order valence-electron chi connectivity index (χ0n) is 14.0. The van der Waals surface area contributed by atoms with Crippen LogP contribution in [0.15, 0.2) is 12.2 Å². The maximum Gasteiger partial charge on any atom is 0.315 e. The van der Waals surface area contributed by atoms with E-state index in [1.807, 2.05) is 0 Å². The van der Waals surface area contributed by atoms with Gasteiger partial charge in [-0.15, -0.1) is 0 Å². The molecule has 5 nitrogen and oxygen atoms in total. The van der Waals surface area contributed by atoms with E-state index in [-0.39, 0.29) is 11.3 Å². The third-order valence-corrected chi connectivity index (χ3v) is 8.46. The van der Waals surface area contributed by atoms with Crippen LogP contribution in [0.4, 0.5) is 0 Å². The molecule has 1 heterocycles. The lowest BCUT2D eigenvalue weighted by molar-refractivity contribution is -0.162. The van der Waals surface area contributed by atoms with E-state index in [0.29, 0.717) is 18.8 Å². The van der Waals surface area contributed by atoms with E-state index in [2.05, 4.69) is 6.58 Å². The van der Waals surface area contributed by atoms with Crippen LogP contribution in [0.25, 0.3) is 0 Å². The van der Waals surface area contributed by atoms with E-state index in [4.69, 9.17) is 4.74 Å². The Bertz CT molecular complexity index is 685. The summed E-state index contributed by atoms with van der Waals surface area (Å²) in [7, 11) is 0. The van der Waals surface area contributed by atoms with E-state index in [1.165, 1.54) is 5.57 Å². The first kappa shape index (κ1) is 14.9. The Morgan fingerprint density at radius 1 is 1.33 bits per heavy atom. The lowest BCUT2D eigenvalue weighted by atomic mass is 9.59. The van der Waals surface area contributed by atoms with Gasteiger partial charge in [0.05, 0.1) is 17.4 Å². The van der Waals surface area contributed by atoms with E-state index in [9.17, 15) is 19.8 Å². The van der Waals surface area contributed by atoms with Gasteiger partial charge in [0.2, 0.25) is 0 Å². The molecule has 5 aliphatic rings. The van der Waals surface area contributed by atoms with Gasteiger partial charge in [0.25, 0.3) is 0 Å². The van der Waals surface area contributed by atoms with Crippen molar-refractivity contribution in [3.8, 4) is 0 Å². The number of aliphatic hydroxyl groups excluding tert-OH is 1. The summed E-state index contributed by atoms with van der Waals surface area (Å²) in [6.45, 7) is 5.95. The number of hydrogen-bond acceptors (Lipinski definition) is 4. The molecule has 24 heavy (non-hydrogen) atoms. The SMILES string of the molecule is C=C1CC23CC1CC[C@H]2[C@@]12CC[C@H](O)[C@@](C)(C(=O)O1)[C@H]2[C@@H]3C(=O)O. The average Bonchev–Trinajstić information content (AvgIpc) is 2.98. The number of carboxylic acid groups (broad SMARTS) is 1. The van der Waals surface area contributed by atoms with Crippen LogP contribution in [0, 0.1) is 34.5 Å². The Morgan fingerprint density at radius 2 is 2.08 bits per heavy atom. The molecule has 0 aromatic rings. The first-order valence-corrected chi connectivity index (χ1v) is 9.09. The summed E-state index contributed by atoms with van der Waals surface area (Å²) in [5.41, 5.74) is -0.953. The number of carbonyl (C=O) groups excluding carboxylic acids is 1. The molecule has 1 spiro atoms. The van der Waals surface area contributed by atoms with Gasteiger partial charge < -0.3 is 14.9 Å². The molecule has 4 aliphatic carbocycles. The predicted octanol–water partition coefficient (Wildman–Crippen LogP) is 2.14. The second-order valence-corrected chi connectivity index (χ2v) is 9.07. The second-order valence-electron chi connectivity index (χ2n) is 9.07. The summed E-state index contributed by atoms with van der Waals surface area (Å²) in [5, 5.41) is 20.8. The van der Waals surface area contributed by atoms with Crippen molar-refractivity contribution in [1.82, 2.24) is 0 Å². The third-order valence-electron chi connectivity index (χ3n) is 8.46. The Balaban J connectivity index is 1.76. The molecule has 2 N–H and O–H groups in total. The monoisotopic (exact) mass is 332 g/mol. The van der Waals surface area contributed by atoms with Crippen LogP contribution >= 0.6 is 0 Å². The summed E-state index contributed by atoms with van der Waals surface area (Å²) >= 11 is 0. The van der Waals surface area contributed by atoms with E-state index in [0.717, 1.165) is 25.7 Å². The van der Waals surface area contributed by atoms with Gasteiger partial charge in [-0.05, 0) is 56.8 Å². The van der Waals surface area contributed by atoms with Gasteiger partial charge in [-0.3, -0.25) is 9.59 Å². The molecule has 5 rings (SSSR count). The van der Waals surface area contributed by atoms with Gasteiger partial charge >= 0.3 is 11.9 Å². The molecular formula is C19H24O5. The molecule has 0 amide bonds. The summed E-state index contributed by atoms with van der Waals surface area (Å²) in [6.07, 6.45) is 3.81. The van der Waals surface area contributed by atoms with Gasteiger partial charge in [-0.2, -0.15) is 0 Å². The molecule has 5 fully saturated rings. The van der Waals surface area contributed by atoms with E-state index in [1.54, 1.807) is 6.92 Å². The molecular weight excluding hydrogens is 308 g/mol. The number of rotatable bonds is 1. The Morgan fingerprint density at radius 3 is 2.79 bits per heavy atom. The molecule has 0 aromatic carbocycles. The maximum atomic E-state index is 12.7. The molecule has 4 bridgehead atoms. The molecule has 0 aromatic heterocycles. The number of aliphatic hydroxyl groups is 1. The molecule has 5 heteroatoms. The first-order chi connectivity index (χ1) is 11.3. The van der Waals surface area contributed by atoms with Crippen LogP contribution in [0.2, 0.25) is 0 Å². The number of aliphatic carboxylic acids is 1. The molecule has 130 valence electrons. The number of carbonyl (C=O) groups is 2. The van der Waals surface area contributed by atoms with Crippen LogP contribution < -0.4 is 0 Å². The highest BCUT2D eigenvalue weighted by Crippen LogP contribution is 2.77. The van der Waals surface area contributed by atoms with Gasteiger partial charge in [0, 0.05) is 11.8 Å². The number of ether oxygens (including phenoxy) is 1. The highest BCUT2D eigenvalue weighted by atomic mass is 16.6.